The highest BCUT2D eigenvalue weighted by molar-refractivity contribution is 8.13. The number of nitrogens with zero attached hydrogens (tertiary/aromatic N) is 1. The van der Waals surface area contributed by atoms with Gasteiger partial charge in [-0.2, -0.15) is 0 Å². The second-order valence-electron chi connectivity index (χ2n) is 7.02. The molecule has 0 saturated heterocycles. The Balaban J connectivity index is 3.26. The molecule has 0 aliphatic rings. The Kier molecular flexibility index (Phi) is 10.5. The smallest absolute Gasteiger partial charge is 0.404 e. The van der Waals surface area contributed by atoms with Crippen LogP contribution in [-0.4, -0.2) is 36.4 Å². The standard InChI is InChI=1S/C18H26NO8PS2/c1-11(2)17(20)29-9-7-13-14(8-10-30-18(21)12(3)4)16(27-28(24,25)26)6-5-15(13)19(22)23/h5-6,11-12H,7-10H2,1-4H3,(H2,24,25,26). The zero-order chi connectivity index (χ0) is 23.1. The third-order valence-electron chi connectivity index (χ3n) is 3.91. The Morgan fingerprint density at radius 3 is 1.90 bits per heavy atom. The van der Waals surface area contributed by atoms with E-state index in [1.165, 1.54) is 0 Å². The fourth-order valence-corrected chi connectivity index (χ4v) is 4.55. The van der Waals surface area contributed by atoms with Crippen molar-refractivity contribution in [3.63, 3.8) is 0 Å². The van der Waals surface area contributed by atoms with E-state index in [1.54, 1.807) is 27.7 Å². The zero-order valence-corrected chi connectivity index (χ0v) is 19.7. The van der Waals surface area contributed by atoms with Gasteiger partial charge in [0, 0.05) is 40.5 Å². The molecule has 0 saturated carbocycles. The number of rotatable bonds is 11. The molecule has 0 radical (unpaired) electrons. The van der Waals surface area contributed by atoms with Crippen LogP contribution in [0.3, 0.4) is 0 Å². The van der Waals surface area contributed by atoms with E-state index in [9.17, 15) is 34.1 Å². The summed E-state index contributed by atoms with van der Waals surface area (Å²) in [6.45, 7) is 7.00. The van der Waals surface area contributed by atoms with Gasteiger partial charge in [-0.25, -0.2) is 4.57 Å². The Bertz CT molecular complexity index is 838. The van der Waals surface area contributed by atoms with E-state index in [2.05, 4.69) is 0 Å². The highest BCUT2D eigenvalue weighted by Gasteiger charge is 2.26. The van der Waals surface area contributed by atoms with Crippen molar-refractivity contribution in [1.82, 2.24) is 0 Å². The van der Waals surface area contributed by atoms with Crippen LogP contribution in [0.2, 0.25) is 0 Å². The molecule has 0 amide bonds. The summed E-state index contributed by atoms with van der Waals surface area (Å²) in [7, 11) is -4.90. The van der Waals surface area contributed by atoms with E-state index < -0.39 is 12.7 Å². The first kappa shape index (κ1) is 26.6. The summed E-state index contributed by atoms with van der Waals surface area (Å²) < 4.78 is 16.1. The van der Waals surface area contributed by atoms with Crippen LogP contribution >= 0.6 is 31.3 Å². The number of nitro benzene ring substituents is 1. The van der Waals surface area contributed by atoms with Gasteiger partial charge in [0.2, 0.25) is 0 Å². The van der Waals surface area contributed by atoms with E-state index in [1.807, 2.05) is 0 Å². The fourth-order valence-electron chi connectivity index (χ4n) is 2.44. The minimum absolute atomic E-state index is 0.0556. The second-order valence-corrected chi connectivity index (χ2v) is 10.4. The molecule has 30 heavy (non-hydrogen) atoms. The molecule has 0 aliphatic heterocycles. The quantitative estimate of drug-likeness (QED) is 0.271. The average molecular weight is 480 g/mol. The molecule has 0 aliphatic carbocycles. The van der Waals surface area contributed by atoms with Crippen molar-refractivity contribution in [2.75, 3.05) is 11.5 Å². The Morgan fingerprint density at radius 2 is 1.50 bits per heavy atom. The van der Waals surface area contributed by atoms with Crippen molar-refractivity contribution >= 4 is 47.3 Å². The van der Waals surface area contributed by atoms with Crippen molar-refractivity contribution in [1.29, 1.82) is 0 Å². The second kappa shape index (κ2) is 11.9. The zero-order valence-electron chi connectivity index (χ0n) is 17.2. The Morgan fingerprint density at radius 1 is 1.03 bits per heavy atom. The number of carbonyl (C=O) groups is 2. The van der Waals surface area contributed by atoms with E-state index >= 15 is 0 Å². The minimum atomic E-state index is -4.90. The maximum atomic E-state index is 11.9. The van der Waals surface area contributed by atoms with Crippen LogP contribution in [-0.2, 0) is 27.0 Å². The van der Waals surface area contributed by atoms with Crippen LogP contribution in [0.5, 0.6) is 5.75 Å². The van der Waals surface area contributed by atoms with E-state index in [0.29, 0.717) is 0 Å². The van der Waals surface area contributed by atoms with Gasteiger partial charge >= 0.3 is 7.82 Å². The largest absolute Gasteiger partial charge is 0.524 e. The molecule has 168 valence electrons. The number of nitro groups is 1. The van der Waals surface area contributed by atoms with Crippen molar-refractivity contribution in [2.45, 2.75) is 40.5 Å². The highest BCUT2D eigenvalue weighted by Crippen LogP contribution is 2.42. The van der Waals surface area contributed by atoms with E-state index in [-0.39, 0.29) is 69.0 Å². The molecule has 12 heteroatoms. The summed E-state index contributed by atoms with van der Waals surface area (Å²) in [6, 6.07) is 2.28. The first-order valence-corrected chi connectivity index (χ1v) is 12.7. The van der Waals surface area contributed by atoms with Crippen LogP contribution in [0.1, 0.15) is 38.8 Å². The number of phosphoric acid groups is 1. The number of benzene rings is 1. The number of hydrogen-bond acceptors (Lipinski definition) is 8. The molecule has 1 aromatic rings. The fraction of sp³-hybridized carbons (Fsp3) is 0.556. The molecule has 0 unspecified atom stereocenters. The molecule has 0 bridgehead atoms. The molecule has 0 aromatic heterocycles. The molecule has 0 atom stereocenters. The predicted octanol–water partition coefficient (Wildman–Crippen LogP) is 3.98. The summed E-state index contributed by atoms with van der Waals surface area (Å²) in [5.74, 6) is -0.0129. The van der Waals surface area contributed by atoms with Gasteiger partial charge in [0.15, 0.2) is 10.2 Å². The monoisotopic (exact) mass is 479 g/mol. The summed E-state index contributed by atoms with van der Waals surface area (Å²) in [4.78, 5) is 53.1. The Hall–Kier alpha value is -1.39. The molecule has 9 nitrogen and oxygen atoms in total. The van der Waals surface area contributed by atoms with Crippen molar-refractivity contribution in [2.24, 2.45) is 11.8 Å². The summed E-state index contributed by atoms with van der Waals surface area (Å²) in [5.41, 5.74) is 0.280. The molecule has 2 N–H and O–H groups in total. The van der Waals surface area contributed by atoms with Crippen LogP contribution in [0.4, 0.5) is 5.69 Å². The Labute approximate surface area is 183 Å². The van der Waals surface area contributed by atoms with Crippen LogP contribution in [0, 0.1) is 22.0 Å². The molecule has 0 heterocycles. The molecular formula is C18H26NO8PS2. The van der Waals surface area contributed by atoms with Gasteiger partial charge in [-0.1, -0.05) is 51.2 Å². The van der Waals surface area contributed by atoms with Gasteiger partial charge in [-0.05, 0) is 18.9 Å². The number of hydrogen-bond donors (Lipinski definition) is 2. The summed E-state index contributed by atoms with van der Waals surface area (Å²) in [6.07, 6.45) is 0.272. The lowest BCUT2D eigenvalue weighted by molar-refractivity contribution is -0.385. The van der Waals surface area contributed by atoms with Gasteiger partial charge in [0.05, 0.1) is 4.92 Å². The first-order valence-electron chi connectivity index (χ1n) is 9.21. The van der Waals surface area contributed by atoms with Crippen LogP contribution < -0.4 is 4.52 Å². The van der Waals surface area contributed by atoms with Gasteiger partial charge in [0.1, 0.15) is 5.75 Å². The molecular weight excluding hydrogens is 453 g/mol. The lowest BCUT2D eigenvalue weighted by Crippen LogP contribution is -2.09. The topological polar surface area (TPSA) is 144 Å². The predicted molar refractivity (Wildman–Crippen MR) is 118 cm³/mol. The molecule has 1 rings (SSSR count). The number of thioether (sulfide) groups is 2. The van der Waals surface area contributed by atoms with Gasteiger partial charge in [-0.3, -0.25) is 29.5 Å². The maximum Gasteiger partial charge on any atom is 0.524 e. The lowest BCUT2D eigenvalue weighted by atomic mass is 10.00. The van der Waals surface area contributed by atoms with Crippen molar-refractivity contribution < 1.29 is 33.4 Å². The van der Waals surface area contributed by atoms with Crippen LogP contribution in [0.25, 0.3) is 0 Å². The highest BCUT2D eigenvalue weighted by atomic mass is 32.2. The van der Waals surface area contributed by atoms with E-state index in [4.69, 9.17) is 4.52 Å². The maximum absolute atomic E-state index is 11.9. The minimum Gasteiger partial charge on any atom is -0.404 e. The SMILES string of the molecule is CC(C)C(=O)SCCc1c(OP(=O)(O)O)ccc([N+](=O)[O-])c1CCSC(=O)C(C)C. The molecule has 0 spiro atoms. The van der Waals surface area contributed by atoms with Gasteiger partial charge < -0.3 is 4.52 Å². The lowest BCUT2D eigenvalue weighted by Gasteiger charge is -2.16. The number of phosphoric ester groups is 1. The van der Waals surface area contributed by atoms with Crippen molar-refractivity contribution in [3.05, 3.63) is 33.4 Å². The first-order chi connectivity index (χ1) is 13.8. The van der Waals surface area contributed by atoms with Gasteiger partial charge in [-0.15, -0.1) is 0 Å². The van der Waals surface area contributed by atoms with Gasteiger partial charge in [0.25, 0.3) is 5.69 Å². The average Bonchev–Trinajstić information content (AvgIpc) is 2.61. The normalized spacial score (nSPS) is 11.7. The van der Waals surface area contributed by atoms with Crippen LogP contribution in [0.15, 0.2) is 12.1 Å². The third kappa shape index (κ3) is 8.77. The summed E-state index contributed by atoms with van der Waals surface area (Å²) in [5, 5.41) is 11.4. The summed E-state index contributed by atoms with van der Waals surface area (Å²) >= 11 is 2.09. The third-order valence-corrected chi connectivity index (χ3v) is 6.68. The van der Waals surface area contributed by atoms with E-state index in [0.717, 1.165) is 35.7 Å². The number of carbonyl (C=O) groups excluding carboxylic acids is 2. The molecule has 1 aromatic carbocycles. The molecule has 0 fully saturated rings. The van der Waals surface area contributed by atoms with Crippen molar-refractivity contribution in [3.8, 4) is 5.75 Å².